The molecule has 10 heteroatoms. The van der Waals surface area contributed by atoms with Crippen molar-refractivity contribution < 1.29 is 33.4 Å². The van der Waals surface area contributed by atoms with Crippen molar-refractivity contribution in [3.05, 3.63) is 65.7 Å². The van der Waals surface area contributed by atoms with Gasteiger partial charge in [0.15, 0.2) is 17.3 Å². The second-order valence-electron chi connectivity index (χ2n) is 9.93. The second kappa shape index (κ2) is 11.9. The summed E-state index contributed by atoms with van der Waals surface area (Å²) >= 11 is 0. The van der Waals surface area contributed by atoms with E-state index in [1.54, 1.807) is 62.4 Å². The molecule has 2 aliphatic heterocycles. The molecule has 2 aliphatic rings. The number of hydrogen-bond acceptors (Lipinski definition) is 7. The van der Waals surface area contributed by atoms with Crippen LogP contribution in [-0.4, -0.2) is 42.2 Å². The first kappa shape index (κ1) is 27.6. The van der Waals surface area contributed by atoms with Gasteiger partial charge in [0.25, 0.3) is 0 Å². The number of amides is 4. The van der Waals surface area contributed by atoms with Crippen LogP contribution in [0.2, 0.25) is 0 Å². The van der Waals surface area contributed by atoms with Gasteiger partial charge in [-0.3, -0.25) is 29.3 Å². The average molecular weight is 534 g/mol. The van der Waals surface area contributed by atoms with E-state index in [9.17, 15) is 24.0 Å². The van der Waals surface area contributed by atoms with Gasteiger partial charge in [-0.05, 0) is 35.3 Å². The van der Waals surface area contributed by atoms with Gasteiger partial charge < -0.3 is 20.1 Å². The number of rotatable bonds is 10. The second-order valence-corrected chi connectivity index (χ2v) is 9.93. The number of ether oxygens (including phenoxy) is 2. The largest absolute Gasteiger partial charge is 0.454 e. The molecule has 0 spiro atoms. The maximum absolute atomic E-state index is 13.2. The zero-order valence-corrected chi connectivity index (χ0v) is 21.9. The molecule has 204 valence electrons. The van der Waals surface area contributed by atoms with E-state index in [1.807, 2.05) is 6.07 Å². The third-order valence-electron chi connectivity index (χ3n) is 6.77. The van der Waals surface area contributed by atoms with Crippen molar-refractivity contribution in [3.8, 4) is 11.5 Å². The molecule has 0 saturated carbocycles. The minimum atomic E-state index is -1.16. The first-order chi connectivity index (χ1) is 18.6. The smallest absolute Gasteiger partial charge is 0.244 e. The maximum atomic E-state index is 13.2. The van der Waals surface area contributed by atoms with Crippen LogP contribution in [0.5, 0.6) is 11.5 Å². The average Bonchev–Trinajstić information content (AvgIpc) is 3.48. The van der Waals surface area contributed by atoms with Crippen LogP contribution in [0.25, 0.3) is 6.08 Å². The lowest BCUT2D eigenvalue weighted by molar-refractivity contribution is -0.137. The Hall–Kier alpha value is -4.47. The van der Waals surface area contributed by atoms with Crippen LogP contribution in [0.1, 0.15) is 44.4 Å². The Labute approximate surface area is 226 Å². The van der Waals surface area contributed by atoms with Gasteiger partial charge in [0.2, 0.25) is 30.4 Å². The Bertz CT molecular complexity index is 1310. The van der Waals surface area contributed by atoms with Gasteiger partial charge in [-0.2, -0.15) is 0 Å². The molecule has 2 aromatic rings. The van der Waals surface area contributed by atoms with E-state index in [0.717, 1.165) is 5.56 Å². The number of carbonyl (C=O) groups is 5. The summed E-state index contributed by atoms with van der Waals surface area (Å²) in [5.41, 5.74) is 1.45. The summed E-state index contributed by atoms with van der Waals surface area (Å²) in [6.45, 7) is 5.16. The van der Waals surface area contributed by atoms with Crippen LogP contribution in [0, 0.1) is 17.8 Å². The van der Waals surface area contributed by atoms with Crippen molar-refractivity contribution in [2.24, 2.45) is 17.8 Å². The van der Waals surface area contributed by atoms with Crippen molar-refractivity contribution in [3.63, 3.8) is 0 Å². The highest BCUT2D eigenvalue weighted by atomic mass is 16.7. The van der Waals surface area contributed by atoms with Crippen molar-refractivity contribution in [2.75, 3.05) is 6.79 Å². The minimum absolute atomic E-state index is 0.143. The van der Waals surface area contributed by atoms with Crippen molar-refractivity contribution in [2.45, 2.75) is 39.3 Å². The first-order valence-electron chi connectivity index (χ1n) is 12.7. The summed E-state index contributed by atoms with van der Waals surface area (Å²) in [5.74, 6) is -3.62. The predicted molar refractivity (Wildman–Crippen MR) is 141 cm³/mol. The number of Topliss-reactive ketones (excluding diaryl/α,β-unsaturated/α-hetero) is 1. The molecular formula is C29H31N3O7. The van der Waals surface area contributed by atoms with E-state index in [2.05, 4.69) is 16.0 Å². The Morgan fingerprint density at radius 3 is 2.38 bits per heavy atom. The fourth-order valence-corrected chi connectivity index (χ4v) is 4.59. The number of imide groups is 1. The Morgan fingerprint density at radius 1 is 1.00 bits per heavy atom. The SMILES string of the molecule is CC(C)[C@H](NC(=O)C[C@H](NC(=O)/C=C/c1ccc2c(c1)OCO2)c1ccccc1)C(=O)C1C(=O)NC(=O)[C@H]1C. The fraction of sp³-hybridized carbons (Fsp3) is 0.345. The molecule has 10 nitrogen and oxygen atoms in total. The summed E-state index contributed by atoms with van der Waals surface area (Å²) in [6.07, 6.45) is 2.85. The van der Waals surface area contributed by atoms with Gasteiger partial charge in [0, 0.05) is 6.08 Å². The molecule has 4 atom stereocenters. The Balaban J connectivity index is 1.44. The van der Waals surface area contributed by atoms with E-state index in [0.29, 0.717) is 17.1 Å². The van der Waals surface area contributed by atoms with Gasteiger partial charge in [-0.25, -0.2) is 0 Å². The van der Waals surface area contributed by atoms with Gasteiger partial charge in [-0.15, -0.1) is 0 Å². The molecule has 0 bridgehead atoms. The number of nitrogens with one attached hydrogen (secondary N) is 3. The van der Waals surface area contributed by atoms with E-state index in [4.69, 9.17) is 9.47 Å². The highest BCUT2D eigenvalue weighted by Gasteiger charge is 2.46. The number of fused-ring (bicyclic) bond motifs is 1. The summed E-state index contributed by atoms with van der Waals surface area (Å²) in [6, 6.07) is 12.7. The molecule has 0 aliphatic carbocycles. The first-order valence-corrected chi connectivity index (χ1v) is 12.7. The molecule has 3 N–H and O–H groups in total. The lowest BCUT2D eigenvalue weighted by Crippen LogP contribution is -2.49. The molecule has 39 heavy (non-hydrogen) atoms. The molecule has 4 amide bonds. The van der Waals surface area contributed by atoms with Gasteiger partial charge in [0.05, 0.1) is 24.4 Å². The summed E-state index contributed by atoms with van der Waals surface area (Å²) in [4.78, 5) is 63.2. The molecule has 2 heterocycles. The molecular weight excluding hydrogens is 502 g/mol. The summed E-state index contributed by atoms with van der Waals surface area (Å²) in [7, 11) is 0. The van der Waals surface area contributed by atoms with Crippen LogP contribution in [0.15, 0.2) is 54.6 Å². The fourth-order valence-electron chi connectivity index (χ4n) is 4.59. The van der Waals surface area contributed by atoms with Crippen molar-refractivity contribution >= 4 is 35.5 Å². The van der Waals surface area contributed by atoms with Gasteiger partial charge >= 0.3 is 0 Å². The van der Waals surface area contributed by atoms with Crippen molar-refractivity contribution in [1.29, 1.82) is 0 Å². The van der Waals surface area contributed by atoms with E-state index in [1.165, 1.54) is 13.0 Å². The molecule has 2 aromatic carbocycles. The van der Waals surface area contributed by atoms with Crippen LogP contribution in [0.3, 0.4) is 0 Å². The van der Waals surface area contributed by atoms with Crippen LogP contribution in [-0.2, 0) is 24.0 Å². The number of ketones is 1. The minimum Gasteiger partial charge on any atom is -0.454 e. The maximum Gasteiger partial charge on any atom is 0.244 e. The molecule has 0 aromatic heterocycles. The predicted octanol–water partition coefficient (Wildman–Crippen LogP) is 2.29. The lowest BCUT2D eigenvalue weighted by atomic mass is 9.85. The molecule has 4 rings (SSSR count). The van der Waals surface area contributed by atoms with Crippen molar-refractivity contribution in [1.82, 2.24) is 16.0 Å². The van der Waals surface area contributed by atoms with E-state index >= 15 is 0 Å². The summed E-state index contributed by atoms with van der Waals surface area (Å²) < 4.78 is 10.7. The highest BCUT2D eigenvalue weighted by Crippen LogP contribution is 2.32. The van der Waals surface area contributed by atoms with Gasteiger partial charge in [-0.1, -0.05) is 57.2 Å². The number of hydrogen-bond donors (Lipinski definition) is 3. The van der Waals surface area contributed by atoms with Crippen LogP contribution >= 0.6 is 0 Å². The van der Waals surface area contributed by atoms with Gasteiger partial charge in [0.1, 0.15) is 5.92 Å². The zero-order valence-electron chi connectivity index (χ0n) is 21.9. The van der Waals surface area contributed by atoms with Crippen LogP contribution < -0.4 is 25.4 Å². The monoisotopic (exact) mass is 533 g/mol. The Kier molecular flexibility index (Phi) is 8.43. The number of benzene rings is 2. The van der Waals surface area contributed by atoms with Crippen LogP contribution in [0.4, 0.5) is 0 Å². The van der Waals surface area contributed by atoms with E-state index in [-0.39, 0.29) is 19.1 Å². The third kappa shape index (κ3) is 6.51. The standard InChI is InChI=1S/C29H31N3O7/c1-16(2)26(27(35)25-17(3)28(36)32-29(25)37)31-24(34)14-20(19-7-5-4-6-8-19)30-23(33)12-10-18-9-11-21-22(13-18)39-15-38-21/h4-13,16-17,20,25-26H,14-15H2,1-3H3,(H,30,33)(H,31,34)(H,32,36,37)/b12-10+/t17-,20-,25?,26-/m0/s1. The normalized spacial score (nSPS) is 19.6. The Morgan fingerprint density at radius 2 is 1.72 bits per heavy atom. The number of carbonyl (C=O) groups excluding carboxylic acids is 5. The topological polar surface area (TPSA) is 140 Å². The third-order valence-corrected chi connectivity index (χ3v) is 6.77. The molecule has 1 fully saturated rings. The molecule has 1 unspecified atom stereocenters. The molecule has 0 radical (unpaired) electrons. The molecule has 1 saturated heterocycles. The summed E-state index contributed by atoms with van der Waals surface area (Å²) in [5, 5.41) is 7.76. The highest BCUT2D eigenvalue weighted by molar-refractivity contribution is 6.16. The quantitative estimate of drug-likeness (QED) is 0.242. The zero-order chi connectivity index (χ0) is 28.1. The van der Waals surface area contributed by atoms with E-state index < -0.39 is 53.3 Å². The lowest BCUT2D eigenvalue weighted by Gasteiger charge is -2.25.